The first-order valence-electron chi connectivity index (χ1n) is 13.1. The van der Waals surface area contributed by atoms with E-state index in [0.717, 1.165) is 12.8 Å². The molecule has 13 heteroatoms. The van der Waals surface area contributed by atoms with Gasteiger partial charge in [0.1, 0.15) is 12.6 Å². The van der Waals surface area contributed by atoms with Gasteiger partial charge >= 0.3 is 11.9 Å². The minimum atomic E-state index is -0.880. The van der Waals surface area contributed by atoms with Gasteiger partial charge in [-0.15, -0.1) is 0 Å². The van der Waals surface area contributed by atoms with Gasteiger partial charge in [0, 0.05) is 11.7 Å². The van der Waals surface area contributed by atoms with Gasteiger partial charge in [-0.3, -0.25) is 19.0 Å². The highest BCUT2D eigenvalue weighted by atomic mass is 32.1. The van der Waals surface area contributed by atoms with Crippen LogP contribution >= 0.6 is 12.2 Å². The van der Waals surface area contributed by atoms with E-state index in [9.17, 15) is 19.5 Å². The summed E-state index contributed by atoms with van der Waals surface area (Å²) in [7, 11) is 1.63. The number of anilines is 1. The van der Waals surface area contributed by atoms with E-state index in [1.54, 1.807) is 78.4 Å². The standard InChI is InChI=1S/C28H28N6O6S/c1-3-39-27(38)18-9-11-19(12-10-18)29-23(35)15-21-26(37)34(20-13-14-20)28(41)33(21)16-22-25(40-31-32(22)2)30-24(36)17-7-5-4-6-8-17/h4-12,20-21H,3,13-16H2,1-2H3,(H-,29,30,31,35,36,38). The molecule has 1 aromatic heterocycles. The molecule has 1 aliphatic carbocycles. The van der Waals surface area contributed by atoms with Crippen molar-refractivity contribution in [1.29, 1.82) is 0 Å². The number of esters is 1. The summed E-state index contributed by atoms with van der Waals surface area (Å²) in [6, 6.07) is 14.0. The number of nitrogens with zero attached hydrogens (tertiary/aromatic N) is 5. The third kappa shape index (κ3) is 6.09. The first-order valence-corrected chi connectivity index (χ1v) is 13.5. The summed E-state index contributed by atoms with van der Waals surface area (Å²) >= 11 is 5.70. The van der Waals surface area contributed by atoms with Gasteiger partial charge in [0.2, 0.25) is 11.2 Å². The minimum Gasteiger partial charge on any atom is -0.858 e. The maximum absolute atomic E-state index is 13.5. The van der Waals surface area contributed by atoms with Gasteiger partial charge in [-0.1, -0.05) is 30.3 Å². The summed E-state index contributed by atoms with van der Waals surface area (Å²) in [5.41, 5.74) is 1.63. The van der Waals surface area contributed by atoms with Crippen LogP contribution in [0.4, 0.5) is 11.6 Å². The highest BCUT2D eigenvalue weighted by molar-refractivity contribution is 7.80. The molecule has 0 bridgehead atoms. The Bertz CT molecular complexity index is 1500. The number of nitrogens with one attached hydrogen (secondary N) is 1. The lowest BCUT2D eigenvalue weighted by molar-refractivity contribution is -0.746. The molecule has 2 fully saturated rings. The Morgan fingerprint density at radius 1 is 1.17 bits per heavy atom. The summed E-state index contributed by atoms with van der Waals surface area (Å²) in [6.45, 7) is 2.02. The summed E-state index contributed by atoms with van der Waals surface area (Å²) in [5.74, 6) is -1.64. The Balaban J connectivity index is 1.35. The molecule has 2 aliphatic rings. The van der Waals surface area contributed by atoms with Gasteiger partial charge in [-0.25, -0.2) is 9.79 Å². The Labute approximate surface area is 241 Å². The van der Waals surface area contributed by atoms with Crippen LogP contribution < -0.4 is 15.1 Å². The van der Waals surface area contributed by atoms with Gasteiger partial charge in [0.05, 0.1) is 18.6 Å². The number of aliphatic imine (C=N–C) groups is 1. The lowest BCUT2D eigenvalue weighted by Gasteiger charge is -2.21. The lowest BCUT2D eigenvalue weighted by Crippen LogP contribution is -2.42. The van der Waals surface area contributed by atoms with Crippen molar-refractivity contribution in [2.24, 2.45) is 12.0 Å². The predicted molar refractivity (Wildman–Crippen MR) is 148 cm³/mol. The van der Waals surface area contributed by atoms with Crippen LogP contribution in [0.5, 0.6) is 0 Å². The normalized spacial score (nSPS) is 17.2. The number of rotatable bonds is 10. The largest absolute Gasteiger partial charge is 0.858 e. The molecule has 3 aromatic rings. The molecule has 41 heavy (non-hydrogen) atoms. The van der Waals surface area contributed by atoms with Gasteiger partial charge in [0.15, 0.2) is 12.2 Å². The Hall–Kier alpha value is -4.65. The third-order valence-electron chi connectivity index (χ3n) is 6.75. The molecule has 1 N–H and O–H groups in total. The molecule has 2 amide bonds. The maximum Gasteiger partial charge on any atom is 0.338 e. The topological polar surface area (TPSA) is 144 Å². The number of carbonyl (C=O) groups excluding carboxylic acids is 3. The number of thiocarbonyl (C=S) groups is 1. The van der Waals surface area contributed by atoms with Crippen molar-refractivity contribution in [2.75, 3.05) is 11.9 Å². The number of ether oxygens (including phenoxy) is 1. The Morgan fingerprint density at radius 2 is 1.88 bits per heavy atom. The molecule has 2 aromatic carbocycles. The van der Waals surface area contributed by atoms with E-state index in [-0.39, 0.29) is 37.4 Å². The zero-order valence-corrected chi connectivity index (χ0v) is 23.3. The molecule has 0 radical (unpaired) electrons. The molecule has 1 unspecified atom stereocenters. The van der Waals surface area contributed by atoms with Crippen molar-refractivity contribution in [2.45, 2.75) is 44.8 Å². The fourth-order valence-corrected chi connectivity index (χ4v) is 4.92. The van der Waals surface area contributed by atoms with Crippen molar-refractivity contribution in [3.8, 4) is 0 Å². The smallest absolute Gasteiger partial charge is 0.338 e. The van der Waals surface area contributed by atoms with Gasteiger partial charge in [0.25, 0.3) is 11.6 Å². The van der Waals surface area contributed by atoms with Crippen molar-refractivity contribution in [3.05, 3.63) is 71.4 Å². The van der Waals surface area contributed by atoms with Crippen LogP contribution in [0.25, 0.3) is 0 Å². The van der Waals surface area contributed by atoms with Crippen LogP contribution in [0.1, 0.15) is 47.8 Å². The number of hydrogen-bond donors (Lipinski definition) is 1. The SMILES string of the molecule is CCOC(=O)c1ccc(NC(=O)CC2C(=O)N(C3CC3)C(=S)N2Cc2c(/N=C(\[O-])c3ccccc3)on[n+]2C)cc1. The number of aryl methyl sites for hydroxylation is 1. The third-order valence-corrected chi connectivity index (χ3v) is 7.18. The number of hydrogen-bond acceptors (Lipinski definition) is 9. The fraction of sp³-hybridized carbons (Fsp3) is 0.321. The van der Waals surface area contributed by atoms with Crippen LogP contribution in [0.15, 0.2) is 64.1 Å². The summed E-state index contributed by atoms with van der Waals surface area (Å²) in [6.07, 6.45) is 1.49. The summed E-state index contributed by atoms with van der Waals surface area (Å²) in [5, 5.41) is 19.7. The van der Waals surface area contributed by atoms with Crippen LogP contribution in [0.3, 0.4) is 0 Å². The molecular formula is C28H28N6O6S. The molecule has 1 saturated heterocycles. The fourth-order valence-electron chi connectivity index (χ4n) is 4.49. The zero-order chi connectivity index (χ0) is 29.1. The molecule has 12 nitrogen and oxygen atoms in total. The molecule has 212 valence electrons. The minimum absolute atomic E-state index is 0.000947. The van der Waals surface area contributed by atoms with Crippen LogP contribution in [0, 0.1) is 0 Å². The van der Waals surface area contributed by atoms with Crippen molar-refractivity contribution in [3.63, 3.8) is 0 Å². The highest BCUT2D eigenvalue weighted by Gasteiger charge is 2.50. The molecule has 1 saturated carbocycles. The second-order valence-electron chi connectivity index (χ2n) is 9.65. The maximum atomic E-state index is 13.5. The average Bonchev–Trinajstić information content (AvgIpc) is 3.70. The van der Waals surface area contributed by atoms with Gasteiger partial charge < -0.3 is 20.1 Å². The predicted octanol–water partition coefficient (Wildman–Crippen LogP) is 1.60. The molecule has 2 heterocycles. The number of amides is 2. The van der Waals surface area contributed by atoms with Gasteiger partial charge in [-0.05, 0) is 72.4 Å². The van der Waals surface area contributed by atoms with E-state index >= 15 is 0 Å². The number of benzene rings is 2. The van der Waals surface area contributed by atoms with E-state index in [1.165, 1.54) is 4.68 Å². The Kier molecular flexibility index (Phi) is 8.06. The van der Waals surface area contributed by atoms with Crippen molar-refractivity contribution >= 4 is 52.6 Å². The van der Waals surface area contributed by atoms with Crippen LogP contribution in [0.2, 0.25) is 0 Å². The second-order valence-corrected chi connectivity index (χ2v) is 10.0. The summed E-state index contributed by atoms with van der Waals surface area (Å²) in [4.78, 5) is 45.8. The van der Waals surface area contributed by atoms with Gasteiger partial charge in [-0.2, -0.15) is 0 Å². The zero-order valence-electron chi connectivity index (χ0n) is 22.5. The van der Waals surface area contributed by atoms with Crippen molar-refractivity contribution in [1.82, 2.24) is 15.1 Å². The molecule has 1 aliphatic heterocycles. The van der Waals surface area contributed by atoms with E-state index in [1.807, 2.05) is 0 Å². The summed E-state index contributed by atoms with van der Waals surface area (Å²) < 4.78 is 11.7. The lowest BCUT2D eigenvalue weighted by atomic mass is 10.1. The highest BCUT2D eigenvalue weighted by Crippen LogP contribution is 2.35. The van der Waals surface area contributed by atoms with Crippen LogP contribution in [-0.2, 0) is 27.9 Å². The number of aromatic nitrogens is 2. The average molecular weight is 577 g/mol. The second kappa shape index (κ2) is 11.8. The van der Waals surface area contributed by atoms with E-state index in [4.69, 9.17) is 21.5 Å². The van der Waals surface area contributed by atoms with Crippen LogP contribution in [-0.4, -0.2) is 62.6 Å². The molecule has 5 rings (SSSR count). The number of carbonyl (C=O) groups is 3. The van der Waals surface area contributed by atoms with E-state index < -0.39 is 23.8 Å². The molecule has 1 atom stereocenters. The first-order chi connectivity index (χ1) is 19.8. The molecular weight excluding hydrogens is 548 g/mol. The molecule has 0 spiro atoms. The Morgan fingerprint density at radius 3 is 2.54 bits per heavy atom. The van der Waals surface area contributed by atoms with E-state index in [2.05, 4.69) is 15.6 Å². The van der Waals surface area contributed by atoms with Crippen molar-refractivity contribution < 1.29 is 33.4 Å². The quantitative estimate of drug-likeness (QED) is 0.125. The monoisotopic (exact) mass is 576 g/mol. The van der Waals surface area contributed by atoms with E-state index in [0.29, 0.717) is 27.6 Å². The first kappa shape index (κ1) is 27.9.